The molecule has 0 aliphatic rings. The maximum Gasteiger partial charge on any atom is 0.358 e. The molecule has 0 saturated carbocycles. The summed E-state index contributed by atoms with van der Waals surface area (Å²) >= 11 is 0. The molecule has 0 saturated heterocycles. The first-order valence-electron chi connectivity index (χ1n) is 8.28. The second kappa shape index (κ2) is 6.60. The van der Waals surface area contributed by atoms with E-state index in [0.717, 1.165) is 5.56 Å². The molecule has 27 heavy (non-hydrogen) atoms. The lowest BCUT2D eigenvalue weighted by atomic mass is 10.2. The second-order valence-corrected chi connectivity index (χ2v) is 5.78. The van der Waals surface area contributed by atoms with E-state index in [1.807, 2.05) is 6.07 Å². The van der Waals surface area contributed by atoms with Crippen LogP contribution in [0.1, 0.15) is 23.1 Å². The zero-order chi connectivity index (χ0) is 19.0. The van der Waals surface area contributed by atoms with Crippen molar-refractivity contribution in [2.75, 3.05) is 6.61 Å². The van der Waals surface area contributed by atoms with Crippen molar-refractivity contribution >= 4 is 11.6 Å². The van der Waals surface area contributed by atoms with Crippen molar-refractivity contribution in [3.63, 3.8) is 0 Å². The molecule has 9 heteroatoms. The van der Waals surface area contributed by atoms with Crippen molar-refractivity contribution in [3.05, 3.63) is 60.2 Å². The van der Waals surface area contributed by atoms with Gasteiger partial charge in [0.05, 0.1) is 12.3 Å². The van der Waals surface area contributed by atoms with Gasteiger partial charge < -0.3 is 9.14 Å². The summed E-state index contributed by atoms with van der Waals surface area (Å²) in [6.07, 6.45) is 4.75. The van der Waals surface area contributed by atoms with E-state index in [9.17, 15) is 9.18 Å². The fraction of sp³-hybridized carbons (Fsp3) is 0.167. The molecule has 0 spiro atoms. The number of aromatic nitrogens is 6. The summed E-state index contributed by atoms with van der Waals surface area (Å²) in [7, 11) is 0. The number of carbonyl (C=O) groups excluding carboxylic acids is 1. The average Bonchev–Trinajstić information content (AvgIpc) is 3.25. The Labute approximate surface area is 153 Å². The first kappa shape index (κ1) is 16.8. The van der Waals surface area contributed by atoms with Crippen molar-refractivity contribution in [1.29, 1.82) is 0 Å². The lowest BCUT2D eigenvalue weighted by Crippen LogP contribution is -2.04. The van der Waals surface area contributed by atoms with Crippen LogP contribution in [0.4, 0.5) is 4.39 Å². The highest BCUT2D eigenvalue weighted by atomic mass is 19.1. The van der Waals surface area contributed by atoms with E-state index in [1.165, 1.54) is 10.9 Å². The van der Waals surface area contributed by atoms with Crippen molar-refractivity contribution in [2.24, 2.45) is 0 Å². The van der Waals surface area contributed by atoms with E-state index in [4.69, 9.17) is 4.74 Å². The van der Waals surface area contributed by atoms with Gasteiger partial charge in [-0.1, -0.05) is 5.21 Å². The molecule has 0 amide bonds. The van der Waals surface area contributed by atoms with Crippen LogP contribution >= 0.6 is 0 Å². The van der Waals surface area contributed by atoms with Crippen molar-refractivity contribution in [3.8, 4) is 16.9 Å². The Hall–Kier alpha value is -3.62. The Bertz CT molecular complexity index is 1150. The van der Waals surface area contributed by atoms with Gasteiger partial charge in [0.1, 0.15) is 17.0 Å². The number of pyridine rings is 2. The second-order valence-electron chi connectivity index (χ2n) is 5.78. The van der Waals surface area contributed by atoms with Crippen LogP contribution in [-0.2, 0) is 4.74 Å². The van der Waals surface area contributed by atoms with Crippen molar-refractivity contribution in [1.82, 2.24) is 29.4 Å². The van der Waals surface area contributed by atoms with Crippen molar-refractivity contribution in [2.45, 2.75) is 13.8 Å². The Morgan fingerprint density at radius 3 is 2.89 bits per heavy atom. The fourth-order valence-electron chi connectivity index (χ4n) is 2.80. The van der Waals surface area contributed by atoms with Gasteiger partial charge in [-0.3, -0.25) is 0 Å². The maximum absolute atomic E-state index is 14.0. The number of rotatable bonds is 4. The van der Waals surface area contributed by atoms with Crippen LogP contribution in [0.15, 0.2) is 42.9 Å². The summed E-state index contributed by atoms with van der Waals surface area (Å²) in [6, 6.07) is 6.80. The van der Waals surface area contributed by atoms with Gasteiger partial charge in [0, 0.05) is 24.2 Å². The van der Waals surface area contributed by atoms with Gasteiger partial charge in [0.25, 0.3) is 0 Å². The largest absolute Gasteiger partial charge is 0.461 e. The first-order chi connectivity index (χ1) is 13.1. The van der Waals surface area contributed by atoms with Crippen LogP contribution in [0.3, 0.4) is 0 Å². The molecule has 0 aliphatic heterocycles. The lowest BCUT2D eigenvalue weighted by molar-refractivity contribution is 0.0520. The minimum Gasteiger partial charge on any atom is -0.461 e. The maximum atomic E-state index is 14.0. The lowest BCUT2D eigenvalue weighted by Gasteiger charge is -2.04. The van der Waals surface area contributed by atoms with Crippen LogP contribution < -0.4 is 0 Å². The van der Waals surface area contributed by atoms with E-state index in [1.54, 1.807) is 48.8 Å². The van der Waals surface area contributed by atoms with Crippen LogP contribution in [0.25, 0.3) is 22.6 Å². The Balaban J connectivity index is 1.75. The molecule has 136 valence electrons. The SMILES string of the molecule is CCOC(=O)c1cn2cc(-c3nnn(-c4cccnc4F)c3C)ccc2n1. The summed E-state index contributed by atoms with van der Waals surface area (Å²) in [5.41, 5.74) is 3.06. The normalized spacial score (nSPS) is 11.1. The van der Waals surface area contributed by atoms with Gasteiger partial charge in [-0.2, -0.15) is 4.39 Å². The third-order valence-corrected chi connectivity index (χ3v) is 4.07. The zero-order valence-corrected chi connectivity index (χ0v) is 14.6. The molecular weight excluding hydrogens is 351 g/mol. The molecule has 4 rings (SSSR count). The number of esters is 1. The summed E-state index contributed by atoms with van der Waals surface area (Å²) < 4.78 is 22.0. The predicted octanol–water partition coefficient (Wildman–Crippen LogP) is 2.60. The highest BCUT2D eigenvalue weighted by Gasteiger charge is 2.17. The van der Waals surface area contributed by atoms with E-state index in [0.29, 0.717) is 17.0 Å². The summed E-state index contributed by atoms with van der Waals surface area (Å²) in [5, 5.41) is 8.22. The molecule has 4 aromatic rings. The summed E-state index contributed by atoms with van der Waals surface area (Å²) in [5.74, 6) is -1.10. The molecule has 4 aromatic heterocycles. The Kier molecular flexibility index (Phi) is 4.11. The average molecular weight is 366 g/mol. The smallest absolute Gasteiger partial charge is 0.358 e. The van der Waals surface area contributed by atoms with E-state index in [-0.39, 0.29) is 18.0 Å². The highest BCUT2D eigenvalue weighted by molar-refractivity contribution is 5.88. The topological polar surface area (TPSA) is 87.2 Å². The number of carbonyl (C=O) groups is 1. The number of hydrogen-bond acceptors (Lipinski definition) is 6. The Morgan fingerprint density at radius 1 is 1.26 bits per heavy atom. The molecular formula is C18H15FN6O2. The quantitative estimate of drug-likeness (QED) is 0.408. The zero-order valence-electron chi connectivity index (χ0n) is 14.6. The van der Waals surface area contributed by atoms with Gasteiger partial charge in [0.2, 0.25) is 5.95 Å². The minimum atomic E-state index is -0.624. The Morgan fingerprint density at radius 2 is 2.11 bits per heavy atom. The van der Waals surface area contributed by atoms with Gasteiger partial charge in [-0.05, 0) is 38.1 Å². The van der Waals surface area contributed by atoms with E-state index in [2.05, 4.69) is 20.3 Å². The molecule has 4 heterocycles. The number of imidazole rings is 1. The molecule has 0 aliphatic carbocycles. The number of halogens is 1. The first-order valence-corrected chi connectivity index (χ1v) is 8.28. The van der Waals surface area contributed by atoms with E-state index >= 15 is 0 Å². The molecule has 8 nitrogen and oxygen atoms in total. The summed E-state index contributed by atoms with van der Waals surface area (Å²) in [4.78, 5) is 19.7. The molecule has 0 unspecified atom stereocenters. The molecule has 0 N–H and O–H groups in total. The van der Waals surface area contributed by atoms with E-state index < -0.39 is 11.9 Å². The molecule has 0 bridgehead atoms. The third-order valence-electron chi connectivity index (χ3n) is 4.07. The molecule has 0 radical (unpaired) electrons. The van der Waals surface area contributed by atoms with Gasteiger partial charge >= 0.3 is 5.97 Å². The highest BCUT2D eigenvalue weighted by Crippen LogP contribution is 2.24. The number of hydrogen-bond donors (Lipinski definition) is 0. The monoisotopic (exact) mass is 366 g/mol. The van der Waals surface area contributed by atoms with Crippen LogP contribution in [0, 0.1) is 12.9 Å². The predicted molar refractivity (Wildman–Crippen MR) is 94.0 cm³/mol. The standard InChI is InChI=1S/C18H15FN6O2/c1-3-27-18(26)13-10-24-9-12(6-7-15(24)21-13)16-11(2)25(23-22-16)14-5-4-8-20-17(14)19/h4-10H,3H2,1-2H3. The minimum absolute atomic E-state index is 0.224. The van der Waals surface area contributed by atoms with Crippen LogP contribution in [0.2, 0.25) is 0 Å². The third kappa shape index (κ3) is 2.92. The number of ether oxygens (including phenoxy) is 1. The molecule has 0 aromatic carbocycles. The van der Waals surface area contributed by atoms with Gasteiger partial charge in [-0.25, -0.2) is 19.4 Å². The number of fused-ring (bicyclic) bond motifs is 1. The summed E-state index contributed by atoms with van der Waals surface area (Å²) in [6.45, 7) is 3.82. The number of nitrogens with zero attached hydrogens (tertiary/aromatic N) is 6. The van der Waals surface area contributed by atoms with Gasteiger partial charge in [0.15, 0.2) is 5.69 Å². The van der Waals surface area contributed by atoms with Crippen molar-refractivity contribution < 1.29 is 13.9 Å². The van der Waals surface area contributed by atoms with Crippen LogP contribution in [-0.4, -0.2) is 41.9 Å². The fourth-order valence-corrected chi connectivity index (χ4v) is 2.80. The van der Waals surface area contributed by atoms with Crippen LogP contribution in [0.5, 0.6) is 0 Å². The molecule has 0 atom stereocenters. The molecule has 0 fully saturated rings. The van der Waals surface area contributed by atoms with Gasteiger partial charge in [-0.15, -0.1) is 5.10 Å².